The van der Waals surface area contributed by atoms with Gasteiger partial charge in [-0.2, -0.15) is 0 Å². The summed E-state index contributed by atoms with van der Waals surface area (Å²) in [6.45, 7) is 5.10. The van der Waals surface area contributed by atoms with Crippen molar-refractivity contribution in [1.29, 1.82) is 0 Å². The maximum Gasteiger partial charge on any atom is 0.162 e. The van der Waals surface area contributed by atoms with Crippen molar-refractivity contribution < 1.29 is 14.6 Å². The number of aliphatic hydroxyl groups is 1. The SMILES string of the molecule is CCOc1cc(Br)c(C(O)C2CC3CC3C2)cc1OCC. The van der Waals surface area contributed by atoms with Crippen LogP contribution < -0.4 is 9.47 Å². The van der Waals surface area contributed by atoms with Crippen LogP contribution in [0.4, 0.5) is 0 Å². The monoisotopic (exact) mass is 354 g/mol. The Kier molecular flexibility index (Phi) is 4.46. The highest BCUT2D eigenvalue weighted by molar-refractivity contribution is 9.10. The summed E-state index contributed by atoms with van der Waals surface area (Å²) in [5.41, 5.74) is 0.924. The van der Waals surface area contributed by atoms with Crippen molar-refractivity contribution in [2.45, 2.75) is 39.2 Å². The fraction of sp³-hybridized carbons (Fsp3) is 0.647. The second kappa shape index (κ2) is 6.17. The molecule has 21 heavy (non-hydrogen) atoms. The van der Waals surface area contributed by atoms with Gasteiger partial charge in [0, 0.05) is 4.47 Å². The molecule has 2 fully saturated rings. The van der Waals surface area contributed by atoms with Gasteiger partial charge in [0.15, 0.2) is 11.5 Å². The van der Waals surface area contributed by atoms with Crippen LogP contribution in [0.5, 0.6) is 11.5 Å². The molecule has 2 aliphatic carbocycles. The van der Waals surface area contributed by atoms with E-state index < -0.39 is 6.10 Å². The summed E-state index contributed by atoms with van der Waals surface area (Å²) >= 11 is 3.58. The van der Waals surface area contributed by atoms with Crippen molar-refractivity contribution in [1.82, 2.24) is 0 Å². The van der Waals surface area contributed by atoms with Crippen molar-refractivity contribution >= 4 is 15.9 Å². The van der Waals surface area contributed by atoms with Gasteiger partial charge in [-0.15, -0.1) is 0 Å². The van der Waals surface area contributed by atoms with Gasteiger partial charge in [0.1, 0.15) is 0 Å². The summed E-state index contributed by atoms with van der Waals surface area (Å²) < 4.78 is 12.2. The lowest BCUT2D eigenvalue weighted by Crippen LogP contribution is -2.12. The summed E-state index contributed by atoms with van der Waals surface area (Å²) in [5.74, 6) is 3.59. The summed E-state index contributed by atoms with van der Waals surface area (Å²) in [6.07, 6.45) is 3.28. The van der Waals surface area contributed by atoms with Crippen LogP contribution in [0, 0.1) is 17.8 Å². The van der Waals surface area contributed by atoms with Crippen LogP contribution >= 0.6 is 15.9 Å². The van der Waals surface area contributed by atoms with Crippen molar-refractivity contribution in [3.05, 3.63) is 22.2 Å². The minimum Gasteiger partial charge on any atom is -0.490 e. The zero-order valence-electron chi connectivity index (χ0n) is 12.6. The topological polar surface area (TPSA) is 38.7 Å². The Morgan fingerprint density at radius 2 is 1.67 bits per heavy atom. The summed E-state index contributed by atoms with van der Waals surface area (Å²) in [6, 6.07) is 3.86. The smallest absolute Gasteiger partial charge is 0.162 e. The molecular formula is C17H23BrO3. The van der Waals surface area contributed by atoms with Crippen molar-refractivity contribution in [2.75, 3.05) is 13.2 Å². The van der Waals surface area contributed by atoms with Crippen LogP contribution in [-0.2, 0) is 0 Å². The van der Waals surface area contributed by atoms with Gasteiger partial charge in [0.25, 0.3) is 0 Å². The quantitative estimate of drug-likeness (QED) is 0.826. The third kappa shape index (κ3) is 3.07. The van der Waals surface area contributed by atoms with Crippen LogP contribution in [0.25, 0.3) is 0 Å². The number of hydrogen-bond acceptors (Lipinski definition) is 3. The largest absolute Gasteiger partial charge is 0.490 e. The van der Waals surface area contributed by atoms with Crippen LogP contribution in [-0.4, -0.2) is 18.3 Å². The van der Waals surface area contributed by atoms with E-state index in [9.17, 15) is 5.11 Å². The number of halogens is 1. The van der Waals surface area contributed by atoms with Gasteiger partial charge in [-0.1, -0.05) is 15.9 Å². The fourth-order valence-electron chi connectivity index (χ4n) is 3.59. The van der Waals surface area contributed by atoms with Gasteiger partial charge < -0.3 is 14.6 Å². The summed E-state index contributed by atoms with van der Waals surface area (Å²) in [5, 5.41) is 10.7. The van der Waals surface area contributed by atoms with Gasteiger partial charge in [-0.25, -0.2) is 0 Å². The van der Waals surface area contributed by atoms with Gasteiger partial charge in [-0.05, 0) is 68.6 Å². The molecule has 0 bridgehead atoms. The molecule has 3 atom stereocenters. The summed E-state index contributed by atoms with van der Waals surface area (Å²) in [4.78, 5) is 0. The van der Waals surface area contributed by atoms with Gasteiger partial charge in [0.05, 0.1) is 19.3 Å². The highest BCUT2D eigenvalue weighted by Crippen LogP contribution is 2.57. The van der Waals surface area contributed by atoms with Crippen molar-refractivity contribution in [3.63, 3.8) is 0 Å². The standard InChI is InChI=1S/C17H23BrO3/c1-3-20-15-8-13(14(18)9-16(15)21-4-2)17(19)12-6-10-5-11(10)7-12/h8-12,17,19H,3-7H2,1-2H3. The molecule has 3 rings (SSSR count). The van der Waals surface area contributed by atoms with E-state index in [0.717, 1.165) is 46.2 Å². The molecule has 3 unspecified atom stereocenters. The number of aliphatic hydroxyl groups excluding tert-OH is 1. The number of rotatable bonds is 6. The molecule has 0 amide bonds. The second-order valence-electron chi connectivity index (χ2n) is 6.12. The molecule has 116 valence electrons. The Morgan fingerprint density at radius 3 is 2.24 bits per heavy atom. The lowest BCUT2D eigenvalue weighted by molar-refractivity contribution is 0.103. The van der Waals surface area contributed by atoms with Gasteiger partial charge in [-0.3, -0.25) is 0 Å². The minimum atomic E-state index is -0.415. The third-order valence-electron chi connectivity index (χ3n) is 4.71. The van der Waals surface area contributed by atoms with E-state index in [2.05, 4.69) is 15.9 Å². The van der Waals surface area contributed by atoms with Crippen LogP contribution in [0.15, 0.2) is 16.6 Å². The van der Waals surface area contributed by atoms with Gasteiger partial charge in [0.2, 0.25) is 0 Å². The predicted octanol–water partition coefficient (Wildman–Crippen LogP) is 4.33. The molecule has 0 spiro atoms. The van der Waals surface area contributed by atoms with E-state index in [4.69, 9.17) is 9.47 Å². The highest BCUT2D eigenvalue weighted by Gasteiger charge is 2.48. The molecule has 2 aliphatic rings. The van der Waals surface area contributed by atoms with E-state index in [1.165, 1.54) is 6.42 Å². The van der Waals surface area contributed by atoms with Crippen molar-refractivity contribution in [2.24, 2.45) is 17.8 Å². The summed E-state index contributed by atoms with van der Waals surface area (Å²) in [7, 11) is 0. The molecule has 1 N–H and O–H groups in total. The average Bonchev–Trinajstić information content (AvgIpc) is 3.07. The number of fused-ring (bicyclic) bond motifs is 1. The highest BCUT2D eigenvalue weighted by atomic mass is 79.9. The molecule has 0 aromatic heterocycles. The molecule has 0 saturated heterocycles. The molecule has 1 aromatic carbocycles. The Hall–Kier alpha value is -0.740. The molecular weight excluding hydrogens is 332 g/mol. The van der Waals surface area contributed by atoms with E-state index in [0.29, 0.717) is 19.1 Å². The molecule has 0 radical (unpaired) electrons. The van der Waals surface area contributed by atoms with E-state index in [1.807, 2.05) is 26.0 Å². The first-order chi connectivity index (χ1) is 10.1. The molecule has 1 aromatic rings. The Labute approximate surface area is 134 Å². The second-order valence-corrected chi connectivity index (χ2v) is 6.97. The number of ether oxygens (including phenoxy) is 2. The average molecular weight is 355 g/mol. The molecule has 0 aliphatic heterocycles. The maximum absolute atomic E-state index is 10.7. The molecule has 2 saturated carbocycles. The molecule has 3 nitrogen and oxygen atoms in total. The fourth-order valence-corrected chi connectivity index (χ4v) is 4.14. The van der Waals surface area contributed by atoms with Crippen molar-refractivity contribution in [3.8, 4) is 11.5 Å². The zero-order valence-corrected chi connectivity index (χ0v) is 14.2. The third-order valence-corrected chi connectivity index (χ3v) is 5.39. The lowest BCUT2D eigenvalue weighted by atomic mass is 9.91. The Balaban J connectivity index is 1.84. The van der Waals surface area contributed by atoms with Crippen LogP contribution in [0.2, 0.25) is 0 Å². The van der Waals surface area contributed by atoms with Crippen LogP contribution in [0.1, 0.15) is 44.8 Å². The maximum atomic E-state index is 10.7. The lowest BCUT2D eigenvalue weighted by Gasteiger charge is -2.22. The number of benzene rings is 1. The predicted molar refractivity (Wildman–Crippen MR) is 85.8 cm³/mol. The van der Waals surface area contributed by atoms with E-state index in [-0.39, 0.29) is 0 Å². The Morgan fingerprint density at radius 1 is 1.10 bits per heavy atom. The Bertz CT molecular complexity index is 507. The van der Waals surface area contributed by atoms with Gasteiger partial charge >= 0.3 is 0 Å². The zero-order chi connectivity index (χ0) is 15.0. The molecule has 0 heterocycles. The van der Waals surface area contributed by atoms with E-state index in [1.54, 1.807) is 0 Å². The first-order valence-electron chi connectivity index (χ1n) is 7.91. The molecule has 4 heteroatoms. The number of hydrogen-bond donors (Lipinski definition) is 1. The van der Waals surface area contributed by atoms with E-state index >= 15 is 0 Å². The normalized spacial score (nSPS) is 28.1. The van der Waals surface area contributed by atoms with Crippen LogP contribution in [0.3, 0.4) is 0 Å². The first-order valence-corrected chi connectivity index (χ1v) is 8.70. The first kappa shape index (κ1) is 15.2. The minimum absolute atomic E-state index is 0.387.